The van der Waals surface area contributed by atoms with Crippen molar-refractivity contribution in [3.63, 3.8) is 0 Å². The van der Waals surface area contributed by atoms with E-state index in [2.05, 4.69) is 31.9 Å². The molecule has 1 heterocycles. The molecule has 0 saturated carbocycles. The molecule has 3 rings (SSSR count). The van der Waals surface area contributed by atoms with Crippen LogP contribution in [0.2, 0.25) is 0 Å². The molecule has 0 aliphatic heterocycles. The molecule has 3 amide bonds. The Labute approximate surface area is 180 Å². The van der Waals surface area contributed by atoms with Gasteiger partial charge in [-0.15, -0.1) is 11.3 Å². The average molecular weight is 476 g/mol. The second kappa shape index (κ2) is 10.2. The lowest BCUT2D eigenvalue weighted by Gasteiger charge is -2.18. The maximum Gasteiger partial charge on any atom is 0.319 e. The molecule has 8 heteroatoms. The predicted octanol–water partition coefficient (Wildman–Crippen LogP) is 5.07. The molecule has 0 spiro atoms. The molecule has 2 aromatic carbocycles. The summed E-state index contributed by atoms with van der Waals surface area (Å²) in [7, 11) is 0. The molecule has 0 aliphatic rings. The SMILES string of the molecule is O=C(CCNC(=O)Nc1ccc(Br)cc1)NC(c1ccc(F)cc1)c1cccs1. The van der Waals surface area contributed by atoms with Gasteiger partial charge in [-0.1, -0.05) is 34.1 Å². The number of hydrogen-bond donors (Lipinski definition) is 3. The minimum absolute atomic E-state index is 0.122. The lowest BCUT2D eigenvalue weighted by Crippen LogP contribution is -2.34. The fraction of sp³-hybridized carbons (Fsp3) is 0.143. The predicted molar refractivity (Wildman–Crippen MR) is 116 cm³/mol. The van der Waals surface area contributed by atoms with Crippen molar-refractivity contribution in [1.29, 1.82) is 0 Å². The summed E-state index contributed by atoms with van der Waals surface area (Å²) in [6, 6.07) is 16.3. The normalized spacial score (nSPS) is 11.5. The van der Waals surface area contributed by atoms with E-state index in [1.807, 2.05) is 29.6 Å². The molecule has 0 radical (unpaired) electrons. The van der Waals surface area contributed by atoms with Crippen molar-refractivity contribution < 1.29 is 14.0 Å². The Morgan fingerprint density at radius 1 is 1.03 bits per heavy atom. The summed E-state index contributed by atoms with van der Waals surface area (Å²) in [5.74, 6) is -0.539. The number of carbonyl (C=O) groups excluding carboxylic acids is 2. The lowest BCUT2D eigenvalue weighted by molar-refractivity contribution is -0.121. The highest BCUT2D eigenvalue weighted by Gasteiger charge is 2.18. The molecule has 1 aromatic heterocycles. The molecular weight excluding hydrogens is 457 g/mol. The van der Waals surface area contributed by atoms with Gasteiger partial charge in [0.15, 0.2) is 0 Å². The molecule has 150 valence electrons. The van der Waals surface area contributed by atoms with Crippen LogP contribution in [-0.2, 0) is 4.79 Å². The Morgan fingerprint density at radius 2 is 1.76 bits per heavy atom. The van der Waals surface area contributed by atoms with Gasteiger partial charge in [0.25, 0.3) is 0 Å². The van der Waals surface area contributed by atoms with Gasteiger partial charge in [-0.2, -0.15) is 0 Å². The van der Waals surface area contributed by atoms with Crippen molar-refractivity contribution in [2.45, 2.75) is 12.5 Å². The number of thiophene rings is 1. The fourth-order valence-electron chi connectivity index (χ4n) is 2.66. The maximum atomic E-state index is 13.2. The van der Waals surface area contributed by atoms with Crippen molar-refractivity contribution in [2.24, 2.45) is 0 Å². The molecule has 0 fully saturated rings. The summed E-state index contributed by atoms with van der Waals surface area (Å²) < 4.78 is 14.2. The van der Waals surface area contributed by atoms with E-state index in [1.165, 1.54) is 23.5 Å². The summed E-state index contributed by atoms with van der Waals surface area (Å²) >= 11 is 4.84. The Balaban J connectivity index is 1.51. The zero-order valence-corrected chi connectivity index (χ0v) is 17.7. The van der Waals surface area contributed by atoms with Gasteiger partial charge in [0.05, 0.1) is 6.04 Å². The zero-order chi connectivity index (χ0) is 20.6. The monoisotopic (exact) mass is 475 g/mol. The van der Waals surface area contributed by atoms with Gasteiger partial charge in [0, 0.05) is 28.0 Å². The molecule has 0 aliphatic carbocycles. The fourth-order valence-corrected chi connectivity index (χ4v) is 3.73. The molecule has 1 unspecified atom stereocenters. The third-order valence-electron chi connectivity index (χ3n) is 4.08. The zero-order valence-electron chi connectivity index (χ0n) is 15.3. The van der Waals surface area contributed by atoms with Gasteiger partial charge in [0.1, 0.15) is 5.82 Å². The number of nitrogens with one attached hydrogen (secondary N) is 3. The molecule has 5 nitrogen and oxygen atoms in total. The Morgan fingerprint density at radius 3 is 2.41 bits per heavy atom. The Bertz CT molecular complexity index is 947. The van der Waals surface area contributed by atoms with Crippen LogP contribution in [0.4, 0.5) is 14.9 Å². The summed E-state index contributed by atoms with van der Waals surface area (Å²) in [4.78, 5) is 25.3. The van der Waals surface area contributed by atoms with Gasteiger partial charge in [-0.25, -0.2) is 9.18 Å². The quantitative estimate of drug-likeness (QED) is 0.446. The first-order valence-corrected chi connectivity index (χ1v) is 10.6. The van der Waals surface area contributed by atoms with Crippen LogP contribution in [0.25, 0.3) is 0 Å². The molecular formula is C21H19BrFN3O2S. The second-order valence-corrected chi connectivity index (χ2v) is 8.10. The summed E-state index contributed by atoms with van der Waals surface area (Å²) in [6.07, 6.45) is 0.122. The van der Waals surface area contributed by atoms with Crippen LogP contribution < -0.4 is 16.0 Å². The van der Waals surface area contributed by atoms with E-state index in [1.54, 1.807) is 24.3 Å². The number of anilines is 1. The van der Waals surface area contributed by atoms with Crippen LogP contribution in [0.3, 0.4) is 0 Å². The maximum absolute atomic E-state index is 13.2. The van der Waals surface area contributed by atoms with E-state index < -0.39 is 0 Å². The first-order valence-electron chi connectivity index (χ1n) is 8.90. The third-order valence-corrected chi connectivity index (χ3v) is 5.54. The van der Waals surface area contributed by atoms with Crippen molar-refractivity contribution in [3.05, 3.63) is 86.8 Å². The van der Waals surface area contributed by atoms with Gasteiger partial charge < -0.3 is 16.0 Å². The molecule has 0 bridgehead atoms. The second-order valence-electron chi connectivity index (χ2n) is 6.21. The topological polar surface area (TPSA) is 70.2 Å². The van der Waals surface area contributed by atoms with E-state index in [-0.39, 0.29) is 36.8 Å². The number of carbonyl (C=O) groups is 2. The highest BCUT2D eigenvalue weighted by molar-refractivity contribution is 9.10. The number of benzene rings is 2. The van der Waals surface area contributed by atoms with Gasteiger partial charge in [-0.05, 0) is 53.4 Å². The standard InChI is InChI=1S/C21H19BrFN3O2S/c22-15-5-9-17(10-6-15)25-21(28)24-12-11-19(27)26-20(18-2-1-13-29-18)14-3-7-16(23)8-4-14/h1-10,13,20H,11-12H2,(H,26,27)(H2,24,25,28). The van der Waals surface area contributed by atoms with Crippen LogP contribution >= 0.6 is 27.3 Å². The third kappa shape index (κ3) is 6.40. The largest absolute Gasteiger partial charge is 0.344 e. The first-order chi connectivity index (χ1) is 14.0. The molecule has 1 atom stereocenters. The van der Waals surface area contributed by atoms with Crippen LogP contribution in [0.15, 0.2) is 70.5 Å². The number of rotatable bonds is 7. The minimum atomic E-state index is -0.381. The summed E-state index contributed by atoms with van der Waals surface area (Å²) in [5.41, 5.74) is 1.45. The number of halogens is 2. The van der Waals surface area contributed by atoms with E-state index in [0.29, 0.717) is 5.69 Å². The van der Waals surface area contributed by atoms with Crippen molar-refractivity contribution in [2.75, 3.05) is 11.9 Å². The summed E-state index contributed by atoms with van der Waals surface area (Å²) in [6.45, 7) is 0.189. The summed E-state index contributed by atoms with van der Waals surface area (Å²) in [5, 5.41) is 10.2. The van der Waals surface area contributed by atoms with Gasteiger partial charge in [-0.3, -0.25) is 4.79 Å². The lowest BCUT2D eigenvalue weighted by atomic mass is 10.1. The van der Waals surface area contributed by atoms with E-state index in [4.69, 9.17) is 0 Å². The van der Waals surface area contributed by atoms with Crippen molar-refractivity contribution >= 4 is 44.9 Å². The highest BCUT2D eigenvalue weighted by atomic mass is 79.9. The Hall–Kier alpha value is -2.71. The van der Waals surface area contributed by atoms with Crippen LogP contribution in [-0.4, -0.2) is 18.5 Å². The highest BCUT2D eigenvalue weighted by Crippen LogP contribution is 2.26. The van der Waals surface area contributed by atoms with Crippen LogP contribution in [0.5, 0.6) is 0 Å². The van der Waals surface area contributed by atoms with E-state index >= 15 is 0 Å². The minimum Gasteiger partial charge on any atom is -0.344 e. The number of amides is 3. The molecule has 29 heavy (non-hydrogen) atoms. The Kier molecular flexibility index (Phi) is 7.37. The van der Waals surface area contributed by atoms with Crippen LogP contribution in [0.1, 0.15) is 22.9 Å². The average Bonchev–Trinajstić information content (AvgIpc) is 3.23. The van der Waals surface area contributed by atoms with Gasteiger partial charge >= 0.3 is 6.03 Å². The molecule has 3 N–H and O–H groups in total. The number of hydrogen-bond acceptors (Lipinski definition) is 3. The smallest absolute Gasteiger partial charge is 0.319 e. The molecule has 3 aromatic rings. The van der Waals surface area contributed by atoms with Crippen LogP contribution in [0, 0.1) is 5.82 Å². The molecule has 0 saturated heterocycles. The first kappa shape index (κ1) is 21.0. The van der Waals surface area contributed by atoms with Crippen molar-refractivity contribution in [1.82, 2.24) is 10.6 Å². The van der Waals surface area contributed by atoms with E-state index in [0.717, 1.165) is 14.9 Å². The van der Waals surface area contributed by atoms with E-state index in [9.17, 15) is 14.0 Å². The van der Waals surface area contributed by atoms with Crippen molar-refractivity contribution in [3.8, 4) is 0 Å². The van der Waals surface area contributed by atoms with Gasteiger partial charge in [0.2, 0.25) is 5.91 Å². The number of urea groups is 1.